The average molecular weight is 222 g/mol. The maximum absolute atomic E-state index is 9.08. The van der Waals surface area contributed by atoms with Crippen LogP contribution in [0.4, 0.5) is 0 Å². The van der Waals surface area contributed by atoms with E-state index in [1.54, 1.807) is 0 Å². The smallest absolute Gasteiger partial charge is 0.231 e. The largest absolute Gasteiger partial charge is 0.454 e. The van der Waals surface area contributed by atoms with E-state index in [0.29, 0.717) is 18.6 Å². The predicted octanol–water partition coefficient (Wildman–Crippen LogP) is 2.54. The normalized spacial score (nSPS) is 15.5. The molecule has 1 aromatic rings. The Hall–Kier alpha value is -1.22. The van der Waals surface area contributed by atoms with Gasteiger partial charge in [-0.1, -0.05) is 19.9 Å². The van der Waals surface area contributed by atoms with Gasteiger partial charge in [0.1, 0.15) is 0 Å². The molecule has 3 heteroatoms. The van der Waals surface area contributed by atoms with Crippen LogP contribution in [-0.2, 0) is 0 Å². The van der Waals surface area contributed by atoms with Crippen LogP contribution in [0.25, 0.3) is 0 Å². The van der Waals surface area contributed by atoms with Gasteiger partial charge in [0.15, 0.2) is 11.5 Å². The quantitative estimate of drug-likeness (QED) is 0.850. The molecule has 1 aromatic carbocycles. The van der Waals surface area contributed by atoms with Crippen molar-refractivity contribution in [2.24, 2.45) is 5.92 Å². The van der Waals surface area contributed by atoms with Gasteiger partial charge in [0.25, 0.3) is 0 Å². The van der Waals surface area contributed by atoms with Crippen LogP contribution in [-0.4, -0.2) is 18.5 Å². The molecule has 1 N–H and O–H groups in total. The Morgan fingerprint density at radius 2 is 2.00 bits per heavy atom. The number of benzene rings is 1. The van der Waals surface area contributed by atoms with Gasteiger partial charge in [0, 0.05) is 6.61 Å². The van der Waals surface area contributed by atoms with Crippen LogP contribution in [0, 0.1) is 5.92 Å². The first-order chi connectivity index (χ1) is 7.72. The number of ether oxygens (including phenoxy) is 2. The van der Waals surface area contributed by atoms with Crippen LogP contribution in [0.1, 0.15) is 31.7 Å². The summed E-state index contributed by atoms with van der Waals surface area (Å²) < 4.78 is 10.6. The molecule has 0 saturated carbocycles. The van der Waals surface area contributed by atoms with E-state index < -0.39 is 0 Å². The number of hydrogen-bond acceptors (Lipinski definition) is 3. The zero-order valence-electron chi connectivity index (χ0n) is 9.77. The molecule has 3 nitrogen and oxygen atoms in total. The maximum atomic E-state index is 9.08. The molecule has 1 atom stereocenters. The Bertz CT molecular complexity index is 360. The number of fused-ring (bicyclic) bond motifs is 1. The van der Waals surface area contributed by atoms with Crippen molar-refractivity contribution >= 4 is 0 Å². The predicted molar refractivity (Wildman–Crippen MR) is 61.8 cm³/mol. The Balaban J connectivity index is 2.24. The topological polar surface area (TPSA) is 38.7 Å². The monoisotopic (exact) mass is 222 g/mol. The highest BCUT2D eigenvalue weighted by atomic mass is 16.7. The van der Waals surface area contributed by atoms with Crippen LogP contribution in [0.15, 0.2) is 18.2 Å². The number of aliphatic hydroxyl groups excluding tert-OH is 1. The molecule has 88 valence electrons. The summed E-state index contributed by atoms with van der Waals surface area (Å²) in [6, 6.07) is 6.04. The van der Waals surface area contributed by atoms with Crippen molar-refractivity contribution in [3.05, 3.63) is 23.8 Å². The van der Waals surface area contributed by atoms with E-state index in [-0.39, 0.29) is 6.61 Å². The summed E-state index contributed by atoms with van der Waals surface area (Å²) in [5.41, 5.74) is 1.22. The first-order valence-electron chi connectivity index (χ1n) is 5.72. The molecular weight excluding hydrogens is 204 g/mol. The molecule has 0 aliphatic carbocycles. The first-order valence-corrected chi connectivity index (χ1v) is 5.72. The maximum Gasteiger partial charge on any atom is 0.231 e. The molecular formula is C13H18O3. The average Bonchev–Trinajstić information content (AvgIpc) is 2.72. The van der Waals surface area contributed by atoms with Crippen molar-refractivity contribution in [2.75, 3.05) is 13.4 Å². The van der Waals surface area contributed by atoms with Gasteiger partial charge in [-0.25, -0.2) is 0 Å². The van der Waals surface area contributed by atoms with E-state index in [4.69, 9.17) is 14.6 Å². The number of rotatable bonds is 4. The minimum Gasteiger partial charge on any atom is -0.454 e. The van der Waals surface area contributed by atoms with Crippen molar-refractivity contribution in [1.82, 2.24) is 0 Å². The van der Waals surface area contributed by atoms with Gasteiger partial charge < -0.3 is 14.6 Å². The molecule has 0 fully saturated rings. The van der Waals surface area contributed by atoms with Crippen molar-refractivity contribution in [3.8, 4) is 11.5 Å². The summed E-state index contributed by atoms with van der Waals surface area (Å²) in [5, 5.41) is 9.08. The summed E-state index contributed by atoms with van der Waals surface area (Å²) in [6.07, 6.45) is 0.789. The van der Waals surface area contributed by atoms with Gasteiger partial charge >= 0.3 is 0 Å². The van der Waals surface area contributed by atoms with Crippen molar-refractivity contribution < 1.29 is 14.6 Å². The van der Waals surface area contributed by atoms with Gasteiger partial charge in [-0.15, -0.1) is 0 Å². The van der Waals surface area contributed by atoms with Crippen LogP contribution < -0.4 is 9.47 Å². The SMILES string of the molecule is CC(C)C(CCO)c1ccc2c(c1)OCO2. The summed E-state index contributed by atoms with van der Waals surface area (Å²) in [4.78, 5) is 0. The fraction of sp³-hybridized carbons (Fsp3) is 0.538. The summed E-state index contributed by atoms with van der Waals surface area (Å²) in [6.45, 7) is 4.87. The van der Waals surface area contributed by atoms with Crippen LogP contribution in [0.2, 0.25) is 0 Å². The third-order valence-corrected chi connectivity index (χ3v) is 3.07. The lowest BCUT2D eigenvalue weighted by Crippen LogP contribution is -2.08. The third kappa shape index (κ3) is 2.14. The van der Waals surface area contributed by atoms with Crippen LogP contribution in [0.5, 0.6) is 11.5 Å². The molecule has 0 bridgehead atoms. The Labute approximate surface area is 96.0 Å². The second-order valence-corrected chi connectivity index (χ2v) is 4.48. The van der Waals surface area contributed by atoms with Crippen molar-refractivity contribution in [2.45, 2.75) is 26.2 Å². The Morgan fingerprint density at radius 3 is 2.69 bits per heavy atom. The molecule has 16 heavy (non-hydrogen) atoms. The second kappa shape index (κ2) is 4.74. The van der Waals surface area contributed by atoms with Crippen molar-refractivity contribution in [1.29, 1.82) is 0 Å². The molecule has 1 aliphatic rings. The standard InChI is InChI=1S/C13H18O3/c1-9(2)11(5-6-14)10-3-4-12-13(7-10)16-8-15-12/h3-4,7,9,11,14H,5-6,8H2,1-2H3. The minimum absolute atomic E-state index is 0.220. The van der Waals surface area contributed by atoms with E-state index >= 15 is 0 Å². The molecule has 1 heterocycles. The molecule has 0 amide bonds. The van der Waals surface area contributed by atoms with Gasteiger partial charge in [0.2, 0.25) is 6.79 Å². The summed E-state index contributed by atoms with van der Waals surface area (Å²) in [7, 11) is 0. The lowest BCUT2D eigenvalue weighted by Gasteiger charge is -2.20. The zero-order valence-corrected chi connectivity index (χ0v) is 9.77. The van der Waals surface area contributed by atoms with Gasteiger partial charge in [-0.3, -0.25) is 0 Å². The zero-order chi connectivity index (χ0) is 11.5. The van der Waals surface area contributed by atoms with E-state index in [9.17, 15) is 0 Å². The molecule has 0 aromatic heterocycles. The summed E-state index contributed by atoms with van der Waals surface area (Å²) >= 11 is 0. The number of hydrogen-bond donors (Lipinski definition) is 1. The van der Waals surface area contributed by atoms with Crippen molar-refractivity contribution in [3.63, 3.8) is 0 Å². The molecule has 0 spiro atoms. The lowest BCUT2D eigenvalue weighted by atomic mass is 9.86. The molecule has 1 unspecified atom stereocenters. The summed E-state index contributed by atoms with van der Waals surface area (Å²) in [5.74, 6) is 2.52. The van der Waals surface area contributed by atoms with Crippen LogP contribution >= 0.6 is 0 Å². The Morgan fingerprint density at radius 1 is 1.25 bits per heavy atom. The number of aliphatic hydroxyl groups is 1. The highest BCUT2D eigenvalue weighted by Gasteiger charge is 2.19. The highest BCUT2D eigenvalue weighted by Crippen LogP contribution is 2.37. The van der Waals surface area contributed by atoms with Gasteiger partial charge in [-0.05, 0) is 36.0 Å². The molecule has 1 aliphatic heterocycles. The van der Waals surface area contributed by atoms with E-state index in [1.807, 2.05) is 12.1 Å². The first kappa shape index (κ1) is 11.3. The Kier molecular flexibility index (Phi) is 3.34. The molecule has 0 radical (unpaired) electrons. The fourth-order valence-electron chi connectivity index (χ4n) is 2.17. The van der Waals surface area contributed by atoms with Gasteiger partial charge in [-0.2, -0.15) is 0 Å². The minimum atomic E-state index is 0.220. The van der Waals surface area contributed by atoms with E-state index in [1.165, 1.54) is 5.56 Å². The highest BCUT2D eigenvalue weighted by molar-refractivity contribution is 5.45. The van der Waals surface area contributed by atoms with E-state index in [2.05, 4.69) is 19.9 Å². The second-order valence-electron chi connectivity index (χ2n) is 4.48. The molecule has 0 saturated heterocycles. The molecule has 2 rings (SSSR count). The fourth-order valence-corrected chi connectivity index (χ4v) is 2.17. The van der Waals surface area contributed by atoms with Gasteiger partial charge in [0.05, 0.1) is 0 Å². The lowest BCUT2D eigenvalue weighted by molar-refractivity contribution is 0.174. The third-order valence-electron chi connectivity index (χ3n) is 3.07. The van der Waals surface area contributed by atoms with Crippen LogP contribution in [0.3, 0.4) is 0 Å². The van der Waals surface area contributed by atoms with E-state index in [0.717, 1.165) is 17.9 Å².